The van der Waals surface area contributed by atoms with Gasteiger partial charge in [0, 0.05) is 23.2 Å². The second-order valence-corrected chi connectivity index (χ2v) is 6.23. The summed E-state index contributed by atoms with van der Waals surface area (Å²) in [4.78, 5) is 2.21. The number of ether oxygens (including phenoxy) is 1. The first kappa shape index (κ1) is 17.0. The summed E-state index contributed by atoms with van der Waals surface area (Å²) in [6.07, 6.45) is 0. The van der Waals surface area contributed by atoms with Crippen LogP contribution in [-0.2, 0) is 0 Å². The third-order valence-electron chi connectivity index (χ3n) is 4.66. The number of methoxy groups -OCH3 is 1. The van der Waals surface area contributed by atoms with Crippen molar-refractivity contribution in [2.24, 2.45) is 10.2 Å². The Balaban J connectivity index is 1.90. The van der Waals surface area contributed by atoms with E-state index in [0.717, 1.165) is 46.2 Å². The van der Waals surface area contributed by atoms with E-state index in [0.29, 0.717) is 0 Å². The lowest BCUT2D eigenvalue weighted by Gasteiger charge is -2.25. The molecular weight excluding hydrogens is 334 g/mol. The number of fused-ring (bicyclic) bond motifs is 1. The van der Waals surface area contributed by atoms with Crippen molar-refractivity contribution in [3.05, 3.63) is 95.6 Å². The highest BCUT2D eigenvalue weighted by Crippen LogP contribution is 2.29. The summed E-state index contributed by atoms with van der Waals surface area (Å²) in [5, 5.41) is 9.33. The van der Waals surface area contributed by atoms with Crippen LogP contribution in [0.25, 0.3) is 0 Å². The Hall–Kier alpha value is -3.40. The monoisotopic (exact) mass is 355 g/mol. The van der Waals surface area contributed by atoms with Gasteiger partial charge in [-0.3, -0.25) is 0 Å². The first-order valence-electron chi connectivity index (χ1n) is 9.04. The summed E-state index contributed by atoms with van der Waals surface area (Å²) < 4.78 is 5.28. The van der Waals surface area contributed by atoms with Gasteiger partial charge in [0.25, 0.3) is 0 Å². The molecule has 0 N–H and O–H groups in total. The first-order valence-corrected chi connectivity index (χ1v) is 9.04. The number of anilines is 1. The Kier molecular flexibility index (Phi) is 4.71. The predicted molar refractivity (Wildman–Crippen MR) is 111 cm³/mol. The lowest BCUT2D eigenvalue weighted by molar-refractivity contribution is 0.415. The van der Waals surface area contributed by atoms with E-state index in [1.54, 1.807) is 7.11 Å². The highest BCUT2D eigenvalue weighted by atomic mass is 16.5. The molecule has 0 radical (unpaired) electrons. The van der Waals surface area contributed by atoms with E-state index in [1.165, 1.54) is 0 Å². The van der Waals surface area contributed by atoms with Gasteiger partial charge in [0.05, 0.1) is 12.8 Å². The summed E-state index contributed by atoms with van der Waals surface area (Å²) in [6, 6.07) is 26.5. The Labute approximate surface area is 159 Å². The van der Waals surface area contributed by atoms with E-state index in [-0.39, 0.29) is 0 Å². The summed E-state index contributed by atoms with van der Waals surface area (Å²) in [5.74, 6) is 1.68. The van der Waals surface area contributed by atoms with E-state index in [4.69, 9.17) is 4.74 Å². The van der Waals surface area contributed by atoms with Crippen molar-refractivity contribution in [2.45, 2.75) is 6.92 Å². The molecule has 0 aliphatic carbocycles. The number of rotatable bonds is 4. The summed E-state index contributed by atoms with van der Waals surface area (Å²) in [6.45, 7) is 2.93. The maximum absolute atomic E-state index is 5.28. The van der Waals surface area contributed by atoms with E-state index in [2.05, 4.69) is 52.4 Å². The number of amidine groups is 1. The second kappa shape index (κ2) is 7.46. The zero-order chi connectivity index (χ0) is 18.6. The molecule has 3 aromatic carbocycles. The number of para-hydroxylation sites is 1. The van der Waals surface area contributed by atoms with Crippen molar-refractivity contribution in [3.63, 3.8) is 0 Å². The Morgan fingerprint density at radius 1 is 0.778 bits per heavy atom. The highest BCUT2D eigenvalue weighted by Gasteiger charge is 2.23. The number of hydrogen-bond donors (Lipinski definition) is 0. The van der Waals surface area contributed by atoms with Gasteiger partial charge in [0.1, 0.15) is 11.5 Å². The molecular formula is C23H21N3O. The van der Waals surface area contributed by atoms with E-state index >= 15 is 0 Å². The molecule has 0 saturated heterocycles. The molecule has 0 atom stereocenters. The van der Waals surface area contributed by atoms with Gasteiger partial charge >= 0.3 is 0 Å². The maximum atomic E-state index is 5.28. The fraction of sp³-hybridized carbons (Fsp3) is 0.130. The minimum atomic E-state index is 0.802. The summed E-state index contributed by atoms with van der Waals surface area (Å²) >= 11 is 0. The SMILES string of the molecule is CCN1C(c2ccccc2)=NN=C(c2ccc(OC)cc2)c2ccccc21. The second-order valence-electron chi connectivity index (χ2n) is 6.23. The van der Waals surface area contributed by atoms with Crippen molar-refractivity contribution in [1.82, 2.24) is 0 Å². The van der Waals surface area contributed by atoms with Gasteiger partial charge in [-0.25, -0.2) is 0 Å². The molecule has 27 heavy (non-hydrogen) atoms. The van der Waals surface area contributed by atoms with Crippen molar-refractivity contribution in [2.75, 3.05) is 18.6 Å². The molecule has 0 bridgehead atoms. The lowest BCUT2D eigenvalue weighted by atomic mass is 9.99. The largest absolute Gasteiger partial charge is 0.497 e. The van der Waals surface area contributed by atoms with Crippen molar-refractivity contribution < 1.29 is 4.74 Å². The molecule has 3 aromatic rings. The molecule has 0 saturated carbocycles. The van der Waals surface area contributed by atoms with Crippen molar-refractivity contribution in [1.29, 1.82) is 0 Å². The topological polar surface area (TPSA) is 37.2 Å². The van der Waals surface area contributed by atoms with Crippen LogP contribution in [0.4, 0.5) is 5.69 Å². The molecule has 0 amide bonds. The molecule has 1 heterocycles. The third kappa shape index (κ3) is 3.22. The summed E-state index contributed by atoms with van der Waals surface area (Å²) in [7, 11) is 1.67. The molecule has 4 nitrogen and oxygen atoms in total. The Morgan fingerprint density at radius 3 is 2.19 bits per heavy atom. The molecule has 0 aromatic heterocycles. The molecule has 4 rings (SSSR count). The van der Waals surface area contributed by atoms with Crippen molar-refractivity contribution >= 4 is 17.2 Å². The van der Waals surface area contributed by atoms with Gasteiger partial charge in [0.2, 0.25) is 0 Å². The van der Waals surface area contributed by atoms with Gasteiger partial charge in [-0.1, -0.05) is 48.5 Å². The molecule has 0 fully saturated rings. The average molecular weight is 355 g/mol. The zero-order valence-corrected chi connectivity index (χ0v) is 15.5. The summed E-state index contributed by atoms with van der Waals surface area (Å²) in [5.41, 5.74) is 5.10. The van der Waals surface area contributed by atoms with Crippen LogP contribution >= 0.6 is 0 Å². The standard InChI is InChI=1S/C23H21N3O/c1-3-26-21-12-8-7-11-20(21)22(17-13-15-19(27-2)16-14-17)24-25-23(26)18-9-5-4-6-10-18/h4-16H,3H2,1-2H3. The normalized spacial score (nSPS) is 13.3. The molecule has 4 heteroatoms. The number of benzene rings is 3. The Morgan fingerprint density at radius 2 is 1.48 bits per heavy atom. The van der Waals surface area contributed by atoms with Gasteiger partial charge in [-0.05, 0) is 37.3 Å². The maximum Gasteiger partial charge on any atom is 0.162 e. The van der Waals surface area contributed by atoms with Crippen LogP contribution in [0.2, 0.25) is 0 Å². The Bertz CT molecular complexity index is 992. The smallest absolute Gasteiger partial charge is 0.162 e. The van der Waals surface area contributed by atoms with Crippen LogP contribution < -0.4 is 9.64 Å². The minimum absolute atomic E-state index is 0.802. The van der Waals surface area contributed by atoms with Crippen LogP contribution in [-0.4, -0.2) is 25.2 Å². The molecule has 1 aliphatic rings. The fourth-order valence-electron chi connectivity index (χ4n) is 3.31. The van der Waals surface area contributed by atoms with E-state index in [9.17, 15) is 0 Å². The van der Waals surface area contributed by atoms with Crippen LogP contribution in [0.15, 0.2) is 89.1 Å². The van der Waals surface area contributed by atoms with E-state index < -0.39 is 0 Å². The minimum Gasteiger partial charge on any atom is -0.497 e. The lowest BCUT2D eigenvalue weighted by Crippen LogP contribution is -2.31. The predicted octanol–water partition coefficient (Wildman–Crippen LogP) is 4.73. The fourth-order valence-corrected chi connectivity index (χ4v) is 3.31. The molecule has 134 valence electrons. The number of nitrogens with zero attached hydrogens (tertiary/aromatic N) is 3. The third-order valence-corrected chi connectivity index (χ3v) is 4.66. The molecule has 1 aliphatic heterocycles. The van der Waals surface area contributed by atoms with Gasteiger partial charge in [0.15, 0.2) is 5.84 Å². The highest BCUT2D eigenvalue weighted by molar-refractivity contribution is 6.21. The zero-order valence-electron chi connectivity index (χ0n) is 15.5. The first-order chi connectivity index (χ1) is 13.3. The number of hydrogen-bond acceptors (Lipinski definition) is 4. The van der Waals surface area contributed by atoms with Crippen molar-refractivity contribution in [3.8, 4) is 5.75 Å². The van der Waals surface area contributed by atoms with Crippen LogP contribution in [0.3, 0.4) is 0 Å². The van der Waals surface area contributed by atoms with Gasteiger partial charge < -0.3 is 9.64 Å². The van der Waals surface area contributed by atoms with Gasteiger partial charge in [-0.2, -0.15) is 0 Å². The average Bonchev–Trinajstić information content (AvgIpc) is 2.91. The van der Waals surface area contributed by atoms with Crippen LogP contribution in [0, 0.1) is 0 Å². The van der Waals surface area contributed by atoms with Gasteiger partial charge in [-0.15, -0.1) is 10.2 Å². The molecule has 0 unspecified atom stereocenters. The molecule has 0 spiro atoms. The van der Waals surface area contributed by atoms with Crippen LogP contribution in [0.1, 0.15) is 23.6 Å². The van der Waals surface area contributed by atoms with E-state index in [1.807, 2.05) is 48.5 Å². The van der Waals surface area contributed by atoms with Crippen LogP contribution in [0.5, 0.6) is 5.75 Å². The quantitative estimate of drug-likeness (QED) is 0.678.